The molecule has 1 amide bonds. The first kappa shape index (κ1) is 21.6. The smallest absolute Gasteiger partial charge is 0.267 e. The standard InChI is InChI=1S/C22H25N3O4/c1-5-28-20-10-8-17(12-21(20)29-6-2)24-14-16(13-23)22(26)25-18-11-15(3)7-9-19(18)27-4/h7-12,14,24H,5-6H2,1-4H3,(H,25,26)/b16-14-. The molecule has 2 aromatic rings. The molecule has 2 N–H and O–H groups in total. The first-order valence-electron chi connectivity index (χ1n) is 9.24. The molecule has 0 aliphatic heterocycles. The molecule has 0 aromatic heterocycles. The number of methoxy groups -OCH3 is 1. The van der Waals surface area contributed by atoms with Crippen LogP contribution in [0, 0.1) is 18.3 Å². The summed E-state index contributed by atoms with van der Waals surface area (Å²) in [6.07, 6.45) is 1.35. The third-order valence-electron chi connectivity index (χ3n) is 3.89. The lowest BCUT2D eigenvalue weighted by Gasteiger charge is -2.13. The van der Waals surface area contributed by atoms with E-state index in [9.17, 15) is 10.1 Å². The Labute approximate surface area is 170 Å². The van der Waals surface area contributed by atoms with Crippen LogP contribution in [0.2, 0.25) is 0 Å². The largest absolute Gasteiger partial charge is 0.495 e. The van der Waals surface area contributed by atoms with Gasteiger partial charge in [-0.15, -0.1) is 0 Å². The Hall–Kier alpha value is -3.66. The number of ether oxygens (including phenoxy) is 3. The Kier molecular flexibility index (Phi) is 7.92. The van der Waals surface area contributed by atoms with E-state index in [4.69, 9.17) is 14.2 Å². The van der Waals surface area contributed by atoms with E-state index in [1.54, 1.807) is 30.3 Å². The van der Waals surface area contributed by atoms with Crippen molar-refractivity contribution in [3.63, 3.8) is 0 Å². The maximum absolute atomic E-state index is 12.5. The summed E-state index contributed by atoms with van der Waals surface area (Å²) in [5, 5.41) is 15.1. The zero-order chi connectivity index (χ0) is 21.2. The van der Waals surface area contributed by atoms with Gasteiger partial charge in [-0.1, -0.05) is 6.07 Å². The molecule has 0 unspecified atom stereocenters. The van der Waals surface area contributed by atoms with Gasteiger partial charge in [-0.25, -0.2) is 0 Å². The van der Waals surface area contributed by atoms with Crippen molar-refractivity contribution in [1.82, 2.24) is 0 Å². The Morgan fingerprint density at radius 3 is 2.41 bits per heavy atom. The number of anilines is 2. The van der Waals surface area contributed by atoms with Crippen molar-refractivity contribution in [3.05, 3.63) is 53.7 Å². The van der Waals surface area contributed by atoms with Gasteiger partial charge in [-0.05, 0) is 50.6 Å². The fourth-order valence-corrected chi connectivity index (χ4v) is 2.55. The first-order valence-corrected chi connectivity index (χ1v) is 9.24. The maximum atomic E-state index is 12.5. The number of aryl methyl sites for hydroxylation is 1. The minimum Gasteiger partial charge on any atom is -0.495 e. The minimum atomic E-state index is -0.542. The third kappa shape index (κ3) is 5.91. The van der Waals surface area contributed by atoms with E-state index in [-0.39, 0.29) is 5.57 Å². The van der Waals surface area contributed by atoms with E-state index >= 15 is 0 Å². The van der Waals surface area contributed by atoms with Gasteiger partial charge in [-0.2, -0.15) is 5.26 Å². The summed E-state index contributed by atoms with van der Waals surface area (Å²) in [6.45, 7) is 6.69. The van der Waals surface area contributed by atoms with Gasteiger partial charge in [0.05, 0.1) is 26.0 Å². The molecule has 0 heterocycles. The van der Waals surface area contributed by atoms with Gasteiger partial charge in [0.25, 0.3) is 5.91 Å². The monoisotopic (exact) mass is 395 g/mol. The number of nitrogens with one attached hydrogen (secondary N) is 2. The van der Waals surface area contributed by atoms with Crippen LogP contribution < -0.4 is 24.8 Å². The van der Waals surface area contributed by atoms with Crippen LogP contribution in [0.25, 0.3) is 0 Å². The number of benzene rings is 2. The lowest BCUT2D eigenvalue weighted by atomic mass is 10.2. The molecule has 7 nitrogen and oxygen atoms in total. The highest BCUT2D eigenvalue weighted by Crippen LogP contribution is 2.31. The van der Waals surface area contributed by atoms with Crippen LogP contribution in [0.3, 0.4) is 0 Å². The molecule has 2 aromatic carbocycles. The lowest BCUT2D eigenvalue weighted by Crippen LogP contribution is -2.15. The topological polar surface area (TPSA) is 92.6 Å². The molecular formula is C22H25N3O4. The van der Waals surface area contributed by atoms with Gasteiger partial charge in [-0.3, -0.25) is 4.79 Å². The van der Waals surface area contributed by atoms with E-state index in [0.717, 1.165) is 5.56 Å². The summed E-state index contributed by atoms with van der Waals surface area (Å²) >= 11 is 0. The molecule has 0 saturated carbocycles. The van der Waals surface area contributed by atoms with Crippen molar-refractivity contribution in [2.45, 2.75) is 20.8 Å². The zero-order valence-electron chi connectivity index (χ0n) is 17.0. The molecule has 0 aliphatic carbocycles. The summed E-state index contributed by atoms with van der Waals surface area (Å²) in [7, 11) is 1.52. The molecule has 0 atom stereocenters. The number of nitrogens with zero attached hydrogens (tertiary/aromatic N) is 1. The van der Waals surface area contributed by atoms with E-state index in [1.165, 1.54) is 13.3 Å². The first-order chi connectivity index (χ1) is 14.0. The number of carbonyl (C=O) groups excluding carboxylic acids is 1. The fraction of sp³-hybridized carbons (Fsp3) is 0.273. The van der Waals surface area contributed by atoms with Gasteiger partial charge in [0, 0.05) is 18.0 Å². The van der Waals surface area contributed by atoms with Gasteiger partial charge >= 0.3 is 0 Å². The lowest BCUT2D eigenvalue weighted by molar-refractivity contribution is -0.112. The normalized spacial score (nSPS) is 10.7. The van der Waals surface area contributed by atoms with Crippen molar-refractivity contribution in [3.8, 4) is 23.3 Å². The number of nitriles is 1. The molecule has 2 rings (SSSR count). The second-order valence-electron chi connectivity index (χ2n) is 6.00. The van der Waals surface area contributed by atoms with E-state index in [2.05, 4.69) is 10.6 Å². The summed E-state index contributed by atoms with van der Waals surface area (Å²) in [6, 6.07) is 12.6. The van der Waals surface area contributed by atoms with Crippen molar-refractivity contribution in [2.75, 3.05) is 31.0 Å². The molecule has 0 saturated heterocycles. The Balaban J connectivity index is 2.18. The highest BCUT2D eigenvalue weighted by molar-refractivity contribution is 6.07. The number of amides is 1. The molecule has 152 valence electrons. The number of hydrogen-bond acceptors (Lipinski definition) is 6. The molecule has 0 fully saturated rings. The van der Waals surface area contributed by atoms with Crippen LogP contribution >= 0.6 is 0 Å². The predicted molar refractivity (Wildman–Crippen MR) is 112 cm³/mol. The average Bonchev–Trinajstić information content (AvgIpc) is 2.71. The SMILES string of the molecule is CCOc1ccc(N/C=C(/C#N)C(=O)Nc2cc(C)ccc2OC)cc1OCC. The molecule has 0 spiro atoms. The Morgan fingerprint density at radius 2 is 1.76 bits per heavy atom. The van der Waals surface area contributed by atoms with E-state index < -0.39 is 5.91 Å². The van der Waals surface area contributed by atoms with Gasteiger partial charge < -0.3 is 24.8 Å². The highest BCUT2D eigenvalue weighted by atomic mass is 16.5. The van der Waals surface area contributed by atoms with Crippen LogP contribution in [0.1, 0.15) is 19.4 Å². The van der Waals surface area contributed by atoms with Crippen LogP contribution in [0.4, 0.5) is 11.4 Å². The van der Waals surface area contributed by atoms with Crippen LogP contribution in [0.15, 0.2) is 48.2 Å². The third-order valence-corrected chi connectivity index (χ3v) is 3.89. The quantitative estimate of drug-likeness (QED) is 0.487. The fourth-order valence-electron chi connectivity index (χ4n) is 2.55. The van der Waals surface area contributed by atoms with E-state index in [0.29, 0.717) is 41.8 Å². The van der Waals surface area contributed by atoms with Gasteiger partial charge in [0.2, 0.25) is 0 Å². The van der Waals surface area contributed by atoms with Crippen molar-refractivity contribution < 1.29 is 19.0 Å². The second-order valence-corrected chi connectivity index (χ2v) is 6.00. The highest BCUT2D eigenvalue weighted by Gasteiger charge is 2.13. The Morgan fingerprint density at radius 1 is 1.07 bits per heavy atom. The number of hydrogen-bond donors (Lipinski definition) is 2. The zero-order valence-corrected chi connectivity index (χ0v) is 17.0. The molecule has 29 heavy (non-hydrogen) atoms. The summed E-state index contributed by atoms with van der Waals surface area (Å²) in [4.78, 5) is 12.5. The Bertz CT molecular complexity index is 932. The van der Waals surface area contributed by atoms with Crippen LogP contribution in [-0.2, 0) is 4.79 Å². The molecule has 0 aliphatic rings. The molecular weight excluding hydrogens is 370 g/mol. The molecule has 0 radical (unpaired) electrons. The summed E-state index contributed by atoms with van der Waals surface area (Å²) < 4.78 is 16.4. The van der Waals surface area contributed by atoms with Crippen molar-refractivity contribution >= 4 is 17.3 Å². The average molecular weight is 395 g/mol. The summed E-state index contributed by atoms with van der Waals surface area (Å²) in [5.41, 5.74) is 2.03. The van der Waals surface area contributed by atoms with E-state index in [1.807, 2.05) is 32.9 Å². The van der Waals surface area contributed by atoms with Crippen LogP contribution in [-0.4, -0.2) is 26.2 Å². The summed E-state index contributed by atoms with van der Waals surface area (Å²) in [5.74, 6) is 1.19. The predicted octanol–water partition coefficient (Wildman–Crippen LogP) is 4.26. The van der Waals surface area contributed by atoms with Gasteiger partial charge in [0.15, 0.2) is 11.5 Å². The van der Waals surface area contributed by atoms with Crippen molar-refractivity contribution in [2.24, 2.45) is 0 Å². The van der Waals surface area contributed by atoms with Crippen molar-refractivity contribution in [1.29, 1.82) is 5.26 Å². The molecule has 0 bridgehead atoms. The van der Waals surface area contributed by atoms with Gasteiger partial charge in [0.1, 0.15) is 17.4 Å². The second kappa shape index (κ2) is 10.6. The molecule has 7 heteroatoms. The number of rotatable bonds is 9. The number of carbonyl (C=O) groups is 1. The minimum absolute atomic E-state index is 0.0830. The van der Waals surface area contributed by atoms with Crippen LogP contribution in [0.5, 0.6) is 17.2 Å². The maximum Gasteiger partial charge on any atom is 0.267 e.